The van der Waals surface area contributed by atoms with Gasteiger partial charge in [0.25, 0.3) is 0 Å². The van der Waals surface area contributed by atoms with Gasteiger partial charge < -0.3 is 19.3 Å². The van der Waals surface area contributed by atoms with Crippen LogP contribution in [0.25, 0.3) is 0 Å². The molecule has 0 aliphatic carbocycles. The number of nitrogens with zero attached hydrogens (tertiary/aromatic N) is 3. The average molecular weight is 560 g/mol. The maximum Gasteiger partial charge on any atom is 0.411 e. The van der Waals surface area contributed by atoms with Crippen molar-refractivity contribution in [2.45, 2.75) is 65.7 Å². The van der Waals surface area contributed by atoms with Gasteiger partial charge in [0.05, 0.1) is 11.4 Å². The van der Waals surface area contributed by atoms with Crippen LogP contribution in [0.5, 0.6) is 5.75 Å². The summed E-state index contributed by atoms with van der Waals surface area (Å²) in [6.45, 7) is 12.0. The number of piperazine rings is 1. The molecule has 2 aromatic rings. The first kappa shape index (κ1) is 29.6. The normalized spacial score (nSPS) is 19.8. The molecule has 2 heterocycles. The van der Waals surface area contributed by atoms with Crippen LogP contribution in [-0.4, -0.2) is 66.2 Å². The summed E-state index contributed by atoms with van der Waals surface area (Å²) in [4.78, 5) is 17.6. The fourth-order valence-electron chi connectivity index (χ4n) is 5.38. The number of ether oxygens (including phenoxy) is 2. The van der Waals surface area contributed by atoms with Crippen molar-refractivity contribution in [2.24, 2.45) is 5.41 Å². The first-order valence-corrected chi connectivity index (χ1v) is 13.7. The highest BCUT2D eigenvalue weighted by atomic mass is 19.3. The second kappa shape index (κ2) is 11.3. The lowest BCUT2D eigenvalue weighted by atomic mass is 9.78. The molecule has 1 atom stereocenters. The molecule has 1 unspecified atom stereocenters. The standard InChI is InChI=1S/C31H40F3N3O3/c1-29(2,3)27-31(33,34)26(14-15-37(27)28(38)40-30(4,5)6)36-18-16-35(17-19-36)25-13-12-23(20-24(25)32)39-21-22-10-8-7-9-11-22/h7-14,20,27H,15-19,21H2,1-6H3. The van der Waals surface area contributed by atoms with Gasteiger partial charge in [0.15, 0.2) is 0 Å². The molecule has 0 radical (unpaired) electrons. The third-order valence-electron chi connectivity index (χ3n) is 7.05. The van der Waals surface area contributed by atoms with Crippen LogP contribution in [0.4, 0.5) is 23.7 Å². The zero-order valence-corrected chi connectivity index (χ0v) is 24.2. The lowest BCUT2D eigenvalue weighted by Gasteiger charge is -2.50. The Kier molecular flexibility index (Phi) is 8.33. The molecule has 9 heteroatoms. The summed E-state index contributed by atoms with van der Waals surface area (Å²) in [5, 5.41) is 0. The number of rotatable bonds is 5. The predicted molar refractivity (Wildman–Crippen MR) is 150 cm³/mol. The molecular weight excluding hydrogens is 519 g/mol. The number of benzene rings is 2. The molecule has 40 heavy (non-hydrogen) atoms. The van der Waals surface area contributed by atoms with Gasteiger partial charge in [0.1, 0.15) is 29.8 Å². The highest BCUT2D eigenvalue weighted by molar-refractivity contribution is 5.70. The molecule has 1 amide bonds. The zero-order valence-electron chi connectivity index (χ0n) is 24.2. The molecule has 1 saturated heterocycles. The van der Waals surface area contributed by atoms with Crippen LogP contribution in [0.1, 0.15) is 47.1 Å². The van der Waals surface area contributed by atoms with Crippen LogP contribution in [0.2, 0.25) is 0 Å². The Balaban J connectivity index is 1.44. The molecule has 0 saturated carbocycles. The van der Waals surface area contributed by atoms with Crippen LogP contribution in [0, 0.1) is 11.2 Å². The lowest BCUT2D eigenvalue weighted by Crippen LogP contribution is -2.63. The first-order valence-electron chi connectivity index (χ1n) is 13.7. The molecule has 2 aliphatic heterocycles. The van der Waals surface area contributed by atoms with E-state index < -0.39 is 34.9 Å². The molecule has 2 aromatic carbocycles. The minimum atomic E-state index is -3.29. The van der Waals surface area contributed by atoms with Crippen LogP contribution < -0.4 is 9.64 Å². The van der Waals surface area contributed by atoms with E-state index in [1.165, 1.54) is 12.1 Å². The summed E-state index contributed by atoms with van der Waals surface area (Å²) in [7, 11) is 0. The van der Waals surface area contributed by atoms with E-state index in [0.29, 0.717) is 44.2 Å². The van der Waals surface area contributed by atoms with Gasteiger partial charge in [0, 0.05) is 38.8 Å². The summed E-state index contributed by atoms with van der Waals surface area (Å²) < 4.78 is 58.5. The number of anilines is 1. The van der Waals surface area contributed by atoms with Crippen LogP contribution in [0.3, 0.4) is 0 Å². The van der Waals surface area contributed by atoms with Gasteiger partial charge in [-0.3, -0.25) is 4.90 Å². The van der Waals surface area contributed by atoms with Crippen molar-refractivity contribution in [1.29, 1.82) is 0 Å². The van der Waals surface area contributed by atoms with Gasteiger partial charge in [-0.25, -0.2) is 9.18 Å². The number of hydrogen-bond donors (Lipinski definition) is 0. The number of halogens is 3. The smallest absolute Gasteiger partial charge is 0.411 e. The van der Waals surface area contributed by atoms with Gasteiger partial charge in [0.2, 0.25) is 0 Å². The largest absolute Gasteiger partial charge is 0.489 e. The maximum atomic E-state index is 16.1. The molecule has 6 nitrogen and oxygen atoms in total. The molecule has 0 N–H and O–H groups in total. The summed E-state index contributed by atoms with van der Waals surface area (Å²) in [6, 6.07) is 13.0. The van der Waals surface area contributed by atoms with E-state index in [1.807, 2.05) is 35.2 Å². The van der Waals surface area contributed by atoms with Crippen molar-refractivity contribution in [1.82, 2.24) is 9.80 Å². The first-order chi connectivity index (χ1) is 18.7. The highest BCUT2D eigenvalue weighted by Crippen LogP contribution is 2.45. The van der Waals surface area contributed by atoms with E-state index >= 15 is 13.2 Å². The lowest BCUT2D eigenvalue weighted by molar-refractivity contribution is -0.114. The Morgan fingerprint density at radius 2 is 1.57 bits per heavy atom. The fraction of sp³-hybridized carbons (Fsp3) is 0.516. The number of hydrogen-bond acceptors (Lipinski definition) is 5. The molecule has 0 bridgehead atoms. The van der Waals surface area contributed by atoms with E-state index in [1.54, 1.807) is 58.6 Å². The van der Waals surface area contributed by atoms with Gasteiger partial charge in [-0.2, -0.15) is 8.78 Å². The molecule has 4 rings (SSSR count). The third kappa shape index (κ3) is 6.67. The fourth-order valence-corrected chi connectivity index (χ4v) is 5.38. The van der Waals surface area contributed by atoms with Gasteiger partial charge >= 0.3 is 12.0 Å². The number of carbonyl (C=O) groups is 1. The molecule has 2 aliphatic rings. The van der Waals surface area contributed by atoms with Crippen molar-refractivity contribution >= 4 is 11.8 Å². The molecule has 0 spiro atoms. The maximum absolute atomic E-state index is 16.1. The Hall–Kier alpha value is -3.36. The zero-order chi connectivity index (χ0) is 29.3. The van der Waals surface area contributed by atoms with E-state index in [0.717, 1.165) is 10.5 Å². The molecule has 1 fully saturated rings. The van der Waals surface area contributed by atoms with Crippen molar-refractivity contribution in [2.75, 3.05) is 37.6 Å². The topological polar surface area (TPSA) is 45.2 Å². The monoisotopic (exact) mass is 559 g/mol. The van der Waals surface area contributed by atoms with Crippen LogP contribution in [0.15, 0.2) is 60.3 Å². The van der Waals surface area contributed by atoms with Crippen molar-refractivity contribution in [3.8, 4) is 5.75 Å². The van der Waals surface area contributed by atoms with E-state index in [2.05, 4.69) is 0 Å². The predicted octanol–water partition coefficient (Wildman–Crippen LogP) is 6.71. The highest BCUT2D eigenvalue weighted by Gasteiger charge is 2.57. The molecule has 218 valence electrons. The second-order valence-corrected chi connectivity index (χ2v) is 12.5. The Labute approximate surface area is 235 Å². The van der Waals surface area contributed by atoms with Crippen LogP contribution >= 0.6 is 0 Å². The summed E-state index contributed by atoms with van der Waals surface area (Å²) in [5.41, 5.74) is -0.386. The van der Waals surface area contributed by atoms with Gasteiger partial charge in [-0.15, -0.1) is 0 Å². The number of carbonyl (C=O) groups excluding carboxylic acids is 1. The number of amides is 1. The minimum absolute atomic E-state index is 0.0288. The third-order valence-corrected chi connectivity index (χ3v) is 7.05. The van der Waals surface area contributed by atoms with E-state index in [9.17, 15) is 4.79 Å². The quantitative estimate of drug-likeness (QED) is 0.408. The van der Waals surface area contributed by atoms with Gasteiger partial charge in [-0.1, -0.05) is 51.1 Å². The Morgan fingerprint density at radius 3 is 2.15 bits per heavy atom. The summed E-state index contributed by atoms with van der Waals surface area (Å²) >= 11 is 0. The summed E-state index contributed by atoms with van der Waals surface area (Å²) in [5.74, 6) is -3.28. The SMILES string of the molecule is CC(C)(C)OC(=O)N1CC=C(N2CCN(c3ccc(OCc4ccccc4)cc3F)CC2)C(F)(F)C1C(C)(C)C. The molecule has 0 aromatic heterocycles. The van der Waals surface area contributed by atoms with Crippen LogP contribution in [-0.2, 0) is 11.3 Å². The Morgan fingerprint density at radius 1 is 0.950 bits per heavy atom. The van der Waals surface area contributed by atoms with E-state index in [-0.39, 0.29) is 12.2 Å². The second-order valence-electron chi connectivity index (χ2n) is 12.5. The summed E-state index contributed by atoms with van der Waals surface area (Å²) in [6.07, 6.45) is 0.681. The van der Waals surface area contributed by atoms with Crippen molar-refractivity contribution in [3.63, 3.8) is 0 Å². The van der Waals surface area contributed by atoms with Crippen molar-refractivity contribution in [3.05, 3.63) is 71.7 Å². The van der Waals surface area contributed by atoms with E-state index in [4.69, 9.17) is 9.47 Å². The van der Waals surface area contributed by atoms with Gasteiger partial charge in [-0.05, 0) is 50.0 Å². The Bertz CT molecular complexity index is 1210. The number of alkyl halides is 2. The average Bonchev–Trinajstić information content (AvgIpc) is 2.86. The van der Waals surface area contributed by atoms with Crippen molar-refractivity contribution < 1.29 is 27.4 Å². The molecular formula is C31H40F3N3O3. The minimum Gasteiger partial charge on any atom is -0.489 e.